The molecule has 70 valence electrons. The first-order valence-electron chi connectivity index (χ1n) is 3.78. The molecule has 2 atom stereocenters. The van der Waals surface area contributed by atoms with E-state index in [0.717, 1.165) is 0 Å². The fraction of sp³-hybridized carbons (Fsp3) is 0.750. The molecule has 0 rings (SSSR count). The van der Waals surface area contributed by atoms with Gasteiger partial charge in [-0.3, -0.25) is 9.59 Å². The Labute approximate surface area is 80.3 Å². The molecule has 0 saturated heterocycles. The fourth-order valence-corrected chi connectivity index (χ4v) is 1.38. The Balaban J connectivity index is 4.76. The van der Waals surface area contributed by atoms with Crippen LogP contribution in [0.4, 0.5) is 0 Å². The zero-order chi connectivity index (χ0) is 9.94. The van der Waals surface area contributed by atoms with Crippen molar-refractivity contribution in [1.29, 1.82) is 0 Å². The first-order valence-corrected chi connectivity index (χ1v) is 4.69. The number of carboxylic acids is 1. The van der Waals surface area contributed by atoms with E-state index in [-0.39, 0.29) is 5.78 Å². The predicted molar refractivity (Wildman–Crippen MR) is 49.4 cm³/mol. The van der Waals surface area contributed by atoms with Gasteiger partial charge >= 0.3 is 5.97 Å². The summed E-state index contributed by atoms with van der Waals surface area (Å²) in [5.41, 5.74) is -1.25. The standard InChI is InChI=1S/C8H13BrO3/c1-4-8(3,7(11)12)6(10)5(2)9/h5H,4H2,1-3H3,(H,11,12). The van der Waals surface area contributed by atoms with Gasteiger partial charge in [-0.05, 0) is 20.3 Å². The molecule has 0 aromatic heterocycles. The molecular weight excluding hydrogens is 224 g/mol. The maximum Gasteiger partial charge on any atom is 0.316 e. The molecule has 0 aromatic rings. The normalized spacial score (nSPS) is 18.0. The number of ketones is 1. The van der Waals surface area contributed by atoms with Gasteiger partial charge in [0.15, 0.2) is 5.78 Å². The van der Waals surface area contributed by atoms with E-state index in [1.165, 1.54) is 6.92 Å². The number of aliphatic carboxylic acids is 1. The number of rotatable bonds is 4. The van der Waals surface area contributed by atoms with Crippen LogP contribution in [0.3, 0.4) is 0 Å². The van der Waals surface area contributed by atoms with Crippen LogP contribution < -0.4 is 0 Å². The highest BCUT2D eigenvalue weighted by molar-refractivity contribution is 9.10. The number of carbonyl (C=O) groups is 2. The minimum atomic E-state index is -1.25. The second-order valence-electron chi connectivity index (χ2n) is 2.97. The Morgan fingerprint density at radius 2 is 2.00 bits per heavy atom. The number of halogens is 1. The topological polar surface area (TPSA) is 54.4 Å². The van der Waals surface area contributed by atoms with Gasteiger partial charge in [0, 0.05) is 0 Å². The number of alkyl halides is 1. The van der Waals surface area contributed by atoms with Crippen LogP contribution in [0, 0.1) is 5.41 Å². The van der Waals surface area contributed by atoms with Crippen LogP contribution in [0.5, 0.6) is 0 Å². The van der Waals surface area contributed by atoms with E-state index in [1.54, 1.807) is 13.8 Å². The lowest BCUT2D eigenvalue weighted by atomic mass is 9.82. The summed E-state index contributed by atoms with van der Waals surface area (Å²) in [5.74, 6) is -1.33. The zero-order valence-electron chi connectivity index (χ0n) is 7.43. The van der Waals surface area contributed by atoms with E-state index in [4.69, 9.17) is 5.11 Å². The lowest BCUT2D eigenvalue weighted by Gasteiger charge is -2.22. The SMILES string of the molecule is CCC(C)(C(=O)O)C(=O)C(C)Br. The van der Waals surface area contributed by atoms with Gasteiger partial charge in [-0.15, -0.1) is 0 Å². The van der Waals surface area contributed by atoms with Crippen LogP contribution in [0.15, 0.2) is 0 Å². The average molecular weight is 237 g/mol. The molecule has 4 heteroatoms. The summed E-state index contributed by atoms with van der Waals surface area (Å²) >= 11 is 3.07. The second-order valence-corrected chi connectivity index (χ2v) is 4.34. The third-order valence-electron chi connectivity index (χ3n) is 2.08. The molecule has 0 spiro atoms. The summed E-state index contributed by atoms with van der Waals surface area (Å²) < 4.78 is 0. The first-order chi connectivity index (χ1) is 5.36. The third-order valence-corrected chi connectivity index (χ3v) is 2.50. The summed E-state index contributed by atoms with van der Waals surface area (Å²) in [6, 6.07) is 0. The van der Waals surface area contributed by atoms with Crippen molar-refractivity contribution in [3.05, 3.63) is 0 Å². The quantitative estimate of drug-likeness (QED) is 0.599. The van der Waals surface area contributed by atoms with Gasteiger partial charge in [0.2, 0.25) is 0 Å². The van der Waals surface area contributed by atoms with Crippen LogP contribution >= 0.6 is 15.9 Å². The number of carbonyl (C=O) groups excluding carboxylic acids is 1. The third kappa shape index (κ3) is 2.06. The molecule has 0 amide bonds. The Hall–Kier alpha value is -0.380. The van der Waals surface area contributed by atoms with Gasteiger partial charge in [0.05, 0.1) is 4.83 Å². The molecule has 12 heavy (non-hydrogen) atoms. The van der Waals surface area contributed by atoms with Gasteiger partial charge in [0.25, 0.3) is 0 Å². The van der Waals surface area contributed by atoms with Crippen LogP contribution in [-0.2, 0) is 9.59 Å². The van der Waals surface area contributed by atoms with Crippen molar-refractivity contribution in [2.75, 3.05) is 0 Å². The van der Waals surface area contributed by atoms with E-state index < -0.39 is 16.2 Å². The van der Waals surface area contributed by atoms with E-state index in [9.17, 15) is 9.59 Å². The molecule has 0 aromatic carbocycles. The van der Waals surface area contributed by atoms with Crippen LogP contribution in [0.1, 0.15) is 27.2 Å². The molecule has 0 aliphatic rings. The molecule has 0 aliphatic carbocycles. The lowest BCUT2D eigenvalue weighted by Crippen LogP contribution is -2.39. The Morgan fingerprint density at radius 1 is 1.58 bits per heavy atom. The highest BCUT2D eigenvalue weighted by Crippen LogP contribution is 2.26. The highest BCUT2D eigenvalue weighted by Gasteiger charge is 2.40. The van der Waals surface area contributed by atoms with Crippen molar-refractivity contribution >= 4 is 27.7 Å². The van der Waals surface area contributed by atoms with Gasteiger partial charge in [-0.25, -0.2) is 0 Å². The molecule has 0 fully saturated rings. The maximum absolute atomic E-state index is 11.4. The predicted octanol–water partition coefficient (Wildman–Crippen LogP) is 1.84. The van der Waals surface area contributed by atoms with Crippen molar-refractivity contribution in [3.8, 4) is 0 Å². The van der Waals surface area contributed by atoms with Gasteiger partial charge in [0.1, 0.15) is 5.41 Å². The lowest BCUT2D eigenvalue weighted by molar-refractivity contribution is -0.153. The molecule has 2 unspecified atom stereocenters. The molecular formula is C8H13BrO3. The minimum absolute atomic E-state index is 0.280. The molecule has 1 N–H and O–H groups in total. The fourth-order valence-electron chi connectivity index (χ4n) is 0.870. The average Bonchev–Trinajstić information content (AvgIpc) is 2.01. The molecule has 0 radical (unpaired) electrons. The smallest absolute Gasteiger partial charge is 0.316 e. The summed E-state index contributed by atoms with van der Waals surface area (Å²) in [6.45, 7) is 4.79. The molecule has 0 saturated carbocycles. The van der Waals surface area contributed by atoms with E-state index in [2.05, 4.69) is 15.9 Å². The second kappa shape index (κ2) is 4.03. The number of Topliss-reactive ketones (excluding diaryl/α,β-unsaturated/α-hetero) is 1. The van der Waals surface area contributed by atoms with Gasteiger partial charge in [-0.2, -0.15) is 0 Å². The summed E-state index contributed by atoms with van der Waals surface area (Å²) in [5, 5.41) is 8.81. The molecule has 0 aliphatic heterocycles. The Morgan fingerprint density at radius 3 is 2.08 bits per heavy atom. The van der Waals surface area contributed by atoms with Crippen molar-refractivity contribution < 1.29 is 14.7 Å². The molecule has 0 bridgehead atoms. The number of hydrogen-bond donors (Lipinski definition) is 1. The van der Waals surface area contributed by atoms with Crippen LogP contribution in [0.2, 0.25) is 0 Å². The van der Waals surface area contributed by atoms with Gasteiger partial charge < -0.3 is 5.11 Å². The molecule has 3 nitrogen and oxygen atoms in total. The van der Waals surface area contributed by atoms with Crippen molar-refractivity contribution in [3.63, 3.8) is 0 Å². The Kier molecular flexibility index (Phi) is 3.90. The summed E-state index contributed by atoms with van der Waals surface area (Å²) in [6.07, 6.45) is 0.317. The van der Waals surface area contributed by atoms with Crippen molar-refractivity contribution in [2.24, 2.45) is 5.41 Å². The first kappa shape index (κ1) is 11.6. The highest BCUT2D eigenvalue weighted by atomic mass is 79.9. The van der Waals surface area contributed by atoms with Gasteiger partial charge in [-0.1, -0.05) is 22.9 Å². The van der Waals surface area contributed by atoms with Crippen molar-refractivity contribution in [1.82, 2.24) is 0 Å². The van der Waals surface area contributed by atoms with E-state index in [1.807, 2.05) is 0 Å². The largest absolute Gasteiger partial charge is 0.481 e. The summed E-state index contributed by atoms with van der Waals surface area (Å²) in [7, 11) is 0. The zero-order valence-corrected chi connectivity index (χ0v) is 9.01. The maximum atomic E-state index is 11.4. The van der Waals surface area contributed by atoms with Crippen LogP contribution in [-0.4, -0.2) is 21.7 Å². The van der Waals surface area contributed by atoms with Crippen LogP contribution in [0.25, 0.3) is 0 Å². The van der Waals surface area contributed by atoms with Crippen molar-refractivity contribution in [2.45, 2.75) is 32.0 Å². The number of hydrogen-bond acceptors (Lipinski definition) is 2. The summed E-state index contributed by atoms with van der Waals surface area (Å²) in [4.78, 5) is 21.8. The van der Waals surface area contributed by atoms with E-state index >= 15 is 0 Å². The van der Waals surface area contributed by atoms with E-state index in [0.29, 0.717) is 6.42 Å². The minimum Gasteiger partial charge on any atom is -0.481 e. The molecule has 0 heterocycles. The Bertz CT molecular complexity index is 200. The number of carboxylic acid groups (broad SMARTS) is 1. The monoisotopic (exact) mass is 236 g/mol.